The number of rotatable bonds is 10. The normalized spacial score (nSPS) is 12.0. The van der Waals surface area contributed by atoms with Crippen LogP contribution in [0.2, 0.25) is 0 Å². The number of pyridine rings is 1. The lowest BCUT2D eigenvalue weighted by Gasteiger charge is -2.16. The van der Waals surface area contributed by atoms with Crippen LogP contribution in [0.15, 0.2) is 79.1 Å². The Morgan fingerprint density at radius 3 is 2.39 bits per heavy atom. The van der Waals surface area contributed by atoms with Crippen LogP contribution in [0.4, 0.5) is 0 Å². The van der Waals surface area contributed by atoms with Gasteiger partial charge in [0.25, 0.3) is 0 Å². The maximum absolute atomic E-state index is 6.03. The van der Waals surface area contributed by atoms with Crippen LogP contribution in [0, 0.1) is 12.8 Å². The molecule has 0 N–H and O–H groups in total. The van der Waals surface area contributed by atoms with E-state index in [2.05, 4.69) is 65.9 Å². The van der Waals surface area contributed by atoms with Crippen LogP contribution in [0.3, 0.4) is 0 Å². The van der Waals surface area contributed by atoms with Gasteiger partial charge in [-0.25, -0.2) is 9.97 Å². The van der Waals surface area contributed by atoms with Gasteiger partial charge in [-0.15, -0.1) is 0 Å². The van der Waals surface area contributed by atoms with E-state index in [1.807, 2.05) is 43.6 Å². The van der Waals surface area contributed by atoms with Gasteiger partial charge < -0.3 is 4.74 Å². The molecule has 170 valence electrons. The van der Waals surface area contributed by atoms with Crippen molar-refractivity contribution in [3.8, 4) is 34.1 Å². The number of unbranched alkanes of at least 4 members (excludes halogenated alkanes) is 1. The summed E-state index contributed by atoms with van der Waals surface area (Å²) in [6.45, 7) is 7.27. The van der Waals surface area contributed by atoms with Gasteiger partial charge in [-0.3, -0.25) is 4.57 Å². The molecule has 0 aliphatic rings. The maximum atomic E-state index is 6.03. The van der Waals surface area contributed by atoms with Crippen LogP contribution in [-0.2, 0) is 0 Å². The second kappa shape index (κ2) is 11.0. The minimum Gasteiger partial charge on any atom is -0.477 e. The average molecular weight is 440 g/mol. The molecule has 2 aromatic heterocycles. The zero-order chi connectivity index (χ0) is 23.0. The molecule has 0 amide bonds. The molecule has 0 bridgehead atoms. The highest BCUT2D eigenvalue weighted by atomic mass is 16.5. The summed E-state index contributed by atoms with van der Waals surface area (Å²) in [6.07, 6.45) is 8.70. The van der Waals surface area contributed by atoms with Gasteiger partial charge in [0.2, 0.25) is 5.88 Å². The summed E-state index contributed by atoms with van der Waals surface area (Å²) in [4.78, 5) is 9.28. The minimum atomic E-state index is 0.600. The molecule has 1 unspecified atom stereocenters. The van der Waals surface area contributed by atoms with Crippen molar-refractivity contribution in [1.29, 1.82) is 0 Å². The Labute approximate surface area is 197 Å². The molecular weight excluding hydrogens is 406 g/mol. The van der Waals surface area contributed by atoms with Crippen LogP contribution < -0.4 is 4.74 Å². The van der Waals surface area contributed by atoms with E-state index in [1.165, 1.54) is 19.3 Å². The molecule has 2 aromatic carbocycles. The van der Waals surface area contributed by atoms with Crippen LogP contribution in [0.1, 0.15) is 45.2 Å². The van der Waals surface area contributed by atoms with Crippen LogP contribution in [0.25, 0.3) is 28.2 Å². The predicted molar refractivity (Wildman–Crippen MR) is 136 cm³/mol. The first kappa shape index (κ1) is 22.8. The van der Waals surface area contributed by atoms with Crippen molar-refractivity contribution < 1.29 is 4.74 Å². The number of aryl methyl sites for hydroxylation is 1. The second-order valence-corrected chi connectivity index (χ2v) is 8.54. The quantitative estimate of drug-likeness (QED) is 0.257. The zero-order valence-corrected chi connectivity index (χ0v) is 19.9. The highest BCUT2D eigenvalue weighted by molar-refractivity contribution is 5.68. The number of benzene rings is 2. The van der Waals surface area contributed by atoms with Gasteiger partial charge in [0.1, 0.15) is 5.82 Å². The summed E-state index contributed by atoms with van der Waals surface area (Å²) in [5.74, 6) is 2.25. The molecule has 4 heteroatoms. The van der Waals surface area contributed by atoms with E-state index < -0.39 is 0 Å². The number of nitrogens with zero attached hydrogens (tertiary/aromatic N) is 3. The molecule has 0 aliphatic carbocycles. The first-order valence-corrected chi connectivity index (χ1v) is 12.0. The van der Waals surface area contributed by atoms with Crippen molar-refractivity contribution in [2.24, 2.45) is 5.92 Å². The van der Waals surface area contributed by atoms with Gasteiger partial charge >= 0.3 is 0 Å². The number of imidazole rings is 1. The third-order valence-corrected chi connectivity index (χ3v) is 6.20. The van der Waals surface area contributed by atoms with E-state index in [-0.39, 0.29) is 0 Å². The fraction of sp³-hybridized carbons (Fsp3) is 0.310. The molecule has 0 spiro atoms. The summed E-state index contributed by atoms with van der Waals surface area (Å²) >= 11 is 0. The van der Waals surface area contributed by atoms with Crippen molar-refractivity contribution in [3.05, 3.63) is 84.8 Å². The van der Waals surface area contributed by atoms with Gasteiger partial charge in [-0.2, -0.15) is 0 Å². The maximum Gasteiger partial charge on any atom is 0.213 e. The van der Waals surface area contributed by atoms with Gasteiger partial charge in [-0.1, -0.05) is 75.6 Å². The average Bonchev–Trinajstić information content (AvgIpc) is 3.35. The van der Waals surface area contributed by atoms with Crippen LogP contribution in [0.5, 0.6) is 5.88 Å². The van der Waals surface area contributed by atoms with Gasteiger partial charge in [0, 0.05) is 41.0 Å². The molecule has 0 fully saturated rings. The Kier molecular flexibility index (Phi) is 7.56. The van der Waals surface area contributed by atoms with Crippen molar-refractivity contribution in [2.45, 2.75) is 46.5 Å². The summed E-state index contributed by atoms with van der Waals surface area (Å²) in [5, 5.41) is 0. The Balaban J connectivity index is 1.48. The minimum absolute atomic E-state index is 0.600. The highest BCUT2D eigenvalue weighted by Gasteiger charge is 2.11. The first-order valence-electron chi connectivity index (χ1n) is 12.0. The lowest BCUT2D eigenvalue weighted by atomic mass is 10.0. The van der Waals surface area contributed by atoms with Gasteiger partial charge in [0.15, 0.2) is 0 Å². The first-order chi connectivity index (χ1) is 16.2. The van der Waals surface area contributed by atoms with E-state index in [4.69, 9.17) is 9.72 Å². The SMILES string of the molecule is CCCCC(CC)COc1ccc(-c2ccc(-n3ccnc3-c3ccccc3)cc2)c(C)n1. The standard InChI is InChI=1S/C29H33N3O/c1-4-6-10-23(5-2)21-33-28-18-17-27(22(3)31-28)24-13-15-26(16-14-24)32-20-19-30-29(32)25-11-8-7-9-12-25/h7-9,11-20,23H,4-6,10,21H2,1-3H3. The molecule has 0 radical (unpaired) electrons. The number of hydrogen-bond donors (Lipinski definition) is 0. The fourth-order valence-electron chi connectivity index (χ4n) is 4.14. The Morgan fingerprint density at radius 1 is 0.909 bits per heavy atom. The topological polar surface area (TPSA) is 39.9 Å². The second-order valence-electron chi connectivity index (χ2n) is 8.54. The molecule has 33 heavy (non-hydrogen) atoms. The number of ether oxygens (including phenoxy) is 1. The summed E-state index contributed by atoms with van der Waals surface area (Å²) in [6, 6.07) is 22.9. The number of aromatic nitrogens is 3. The van der Waals surface area contributed by atoms with Crippen molar-refractivity contribution in [3.63, 3.8) is 0 Å². The van der Waals surface area contributed by atoms with E-state index in [9.17, 15) is 0 Å². The van der Waals surface area contributed by atoms with Crippen molar-refractivity contribution in [2.75, 3.05) is 6.61 Å². The van der Waals surface area contributed by atoms with Crippen LogP contribution >= 0.6 is 0 Å². The molecule has 1 atom stereocenters. The third-order valence-electron chi connectivity index (χ3n) is 6.20. The Morgan fingerprint density at radius 2 is 1.70 bits per heavy atom. The van der Waals surface area contributed by atoms with Crippen molar-refractivity contribution in [1.82, 2.24) is 14.5 Å². The largest absolute Gasteiger partial charge is 0.477 e. The van der Waals surface area contributed by atoms with Crippen molar-refractivity contribution >= 4 is 0 Å². The lowest BCUT2D eigenvalue weighted by Crippen LogP contribution is -2.12. The van der Waals surface area contributed by atoms with E-state index >= 15 is 0 Å². The monoisotopic (exact) mass is 439 g/mol. The summed E-state index contributed by atoms with van der Waals surface area (Å²) in [7, 11) is 0. The molecule has 4 rings (SSSR count). The molecule has 4 nitrogen and oxygen atoms in total. The zero-order valence-electron chi connectivity index (χ0n) is 19.9. The van der Waals surface area contributed by atoms with Crippen LogP contribution in [-0.4, -0.2) is 21.1 Å². The molecule has 4 aromatic rings. The fourth-order valence-corrected chi connectivity index (χ4v) is 4.14. The van der Waals surface area contributed by atoms with Gasteiger partial charge in [0.05, 0.1) is 6.61 Å². The molecular formula is C29H33N3O. The van der Waals surface area contributed by atoms with E-state index in [1.54, 1.807) is 0 Å². The molecule has 2 heterocycles. The lowest BCUT2D eigenvalue weighted by molar-refractivity contribution is 0.225. The summed E-state index contributed by atoms with van der Waals surface area (Å²) in [5.41, 5.74) is 5.43. The predicted octanol–water partition coefficient (Wildman–Crippen LogP) is 7.50. The Hall–Kier alpha value is -3.40. The number of hydrogen-bond acceptors (Lipinski definition) is 3. The molecule has 0 saturated heterocycles. The van der Waals surface area contributed by atoms with E-state index in [0.29, 0.717) is 11.8 Å². The van der Waals surface area contributed by atoms with Gasteiger partial charge in [-0.05, 0) is 43.0 Å². The molecule has 0 aliphatic heterocycles. The Bertz CT molecular complexity index is 1150. The third kappa shape index (κ3) is 5.51. The van der Waals surface area contributed by atoms with E-state index in [0.717, 1.165) is 46.9 Å². The summed E-state index contributed by atoms with van der Waals surface area (Å²) < 4.78 is 8.14. The highest BCUT2D eigenvalue weighted by Crippen LogP contribution is 2.27. The smallest absolute Gasteiger partial charge is 0.213 e. The molecule has 0 saturated carbocycles.